The van der Waals surface area contributed by atoms with Crippen LogP contribution in [0.15, 0.2) is 24.3 Å². The number of hydrogen-bond donors (Lipinski definition) is 2. The van der Waals surface area contributed by atoms with Crippen molar-refractivity contribution in [1.82, 2.24) is 10.6 Å². The largest absolute Gasteiger partial charge is 0.492 e. The molecule has 2 unspecified atom stereocenters. The molecule has 0 bridgehead atoms. The van der Waals surface area contributed by atoms with Crippen LogP contribution in [0.5, 0.6) is 5.75 Å². The third-order valence-electron chi connectivity index (χ3n) is 3.65. The van der Waals surface area contributed by atoms with E-state index in [1.54, 1.807) is 0 Å². The molecule has 2 atom stereocenters. The summed E-state index contributed by atoms with van der Waals surface area (Å²) in [5, 5.41) is 7.10. The van der Waals surface area contributed by atoms with Gasteiger partial charge in [-0.25, -0.2) is 0 Å². The molecule has 2 N–H and O–H groups in total. The van der Waals surface area contributed by atoms with Gasteiger partial charge in [0.15, 0.2) is 0 Å². The van der Waals surface area contributed by atoms with Crippen molar-refractivity contribution in [2.24, 2.45) is 0 Å². The summed E-state index contributed by atoms with van der Waals surface area (Å²) in [6.07, 6.45) is 3.97. The quantitative estimate of drug-likeness (QED) is 0.826. The van der Waals surface area contributed by atoms with Crippen molar-refractivity contribution in [3.63, 3.8) is 0 Å². The lowest BCUT2D eigenvalue weighted by Gasteiger charge is -2.25. The van der Waals surface area contributed by atoms with Crippen molar-refractivity contribution in [2.45, 2.75) is 45.2 Å². The van der Waals surface area contributed by atoms with Gasteiger partial charge in [0.1, 0.15) is 12.4 Å². The van der Waals surface area contributed by atoms with Gasteiger partial charge < -0.3 is 15.4 Å². The zero-order chi connectivity index (χ0) is 13.5. The smallest absolute Gasteiger partial charge is 0.119 e. The first kappa shape index (κ1) is 14.4. The van der Waals surface area contributed by atoms with Crippen LogP contribution in [0.25, 0.3) is 0 Å². The number of benzene rings is 1. The second-order valence-electron chi connectivity index (χ2n) is 5.58. The van der Waals surface area contributed by atoms with Crippen LogP contribution in [-0.2, 0) is 0 Å². The molecule has 3 heteroatoms. The molecular formula is C16H26N2O. The number of hydrogen-bond acceptors (Lipinski definition) is 3. The fraction of sp³-hybridized carbons (Fsp3) is 0.625. The van der Waals surface area contributed by atoms with Crippen LogP contribution in [0, 0.1) is 6.92 Å². The van der Waals surface area contributed by atoms with Crippen molar-refractivity contribution < 1.29 is 4.74 Å². The van der Waals surface area contributed by atoms with Gasteiger partial charge in [-0.1, -0.05) is 24.1 Å². The number of nitrogens with one attached hydrogen (secondary N) is 2. The molecule has 1 heterocycles. The lowest BCUT2D eigenvalue weighted by atomic mass is 10.1. The highest BCUT2D eigenvalue weighted by atomic mass is 16.5. The second-order valence-corrected chi connectivity index (χ2v) is 5.58. The van der Waals surface area contributed by atoms with E-state index in [0.717, 1.165) is 18.9 Å². The molecule has 2 rings (SSSR count). The highest BCUT2D eigenvalue weighted by Gasteiger charge is 2.13. The molecule has 3 nitrogen and oxygen atoms in total. The van der Waals surface area contributed by atoms with E-state index in [4.69, 9.17) is 4.74 Å². The van der Waals surface area contributed by atoms with Crippen LogP contribution >= 0.6 is 0 Å². The fourth-order valence-corrected chi connectivity index (χ4v) is 2.36. The van der Waals surface area contributed by atoms with Crippen LogP contribution in [-0.4, -0.2) is 31.8 Å². The minimum atomic E-state index is 0.380. The van der Waals surface area contributed by atoms with E-state index in [1.807, 2.05) is 12.1 Å². The van der Waals surface area contributed by atoms with Gasteiger partial charge in [0.2, 0.25) is 0 Å². The molecule has 0 spiro atoms. The summed E-state index contributed by atoms with van der Waals surface area (Å²) in [5.41, 5.74) is 1.27. The number of piperidine rings is 1. The first-order valence-electron chi connectivity index (χ1n) is 7.40. The molecule has 0 amide bonds. The molecule has 106 valence electrons. The summed E-state index contributed by atoms with van der Waals surface area (Å²) in [6, 6.07) is 9.24. The Balaban J connectivity index is 1.63. The summed E-state index contributed by atoms with van der Waals surface area (Å²) in [5.74, 6) is 0.954. The van der Waals surface area contributed by atoms with Crippen molar-refractivity contribution >= 4 is 0 Å². The summed E-state index contributed by atoms with van der Waals surface area (Å²) in [4.78, 5) is 0. The van der Waals surface area contributed by atoms with Crippen molar-refractivity contribution in [3.05, 3.63) is 29.8 Å². The maximum Gasteiger partial charge on any atom is 0.119 e. The van der Waals surface area contributed by atoms with E-state index < -0.39 is 0 Å². The maximum atomic E-state index is 5.78. The van der Waals surface area contributed by atoms with E-state index in [0.29, 0.717) is 12.1 Å². The Hall–Kier alpha value is -1.06. The molecule has 1 fully saturated rings. The maximum absolute atomic E-state index is 5.78. The Morgan fingerprint density at radius 1 is 1.32 bits per heavy atom. The number of rotatable bonds is 6. The van der Waals surface area contributed by atoms with Gasteiger partial charge in [-0.05, 0) is 45.4 Å². The van der Waals surface area contributed by atoms with Crippen molar-refractivity contribution in [1.29, 1.82) is 0 Å². The molecule has 19 heavy (non-hydrogen) atoms. The lowest BCUT2D eigenvalue weighted by molar-refractivity contribution is 0.264. The van der Waals surface area contributed by atoms with E-state index in [2.05, 4.69) is 36.6 Å². The first-order valence-corrected chi connectivity index (χ1v) is 7.40. The van der Waals surface area contributed by atoms with Crippen LogP contribution in [0.2, 0.25) is 0 Å². The van der Waals surface area contributed by atoms with E-state index >= 15 is 0 Å². The summed E-state index contributed by atoms with van der Waals surface area (Å²) in [7, 11) is 0. The highest BCUT2D eigenvalue weighted by molar-refractivity contribution is 5.26. The summed E-state index contributed by atoms with van der Waals surface area (Å²) < 4.78 is 5.78. The Morgan fingerprint density at radius 3 is 2.79 bits per heavy atom. The third-order valence-corrected chi connectivity index (χ3v) is 3.65. The zero-order valence-corrected chi connectivity index (χ0v) is 12.1. The van der Waals surface area contributed by atoms with Crippen LogP contribution in [0.4, 0.5) is 0 Å². The molecule has 1 aromatic rings. The fourth-order valence-electron chi connectivity index (χ4n) is 2.36. The molecular weight excluding hydrogens is 236 g/mol. The molecule has 0 saturated carbocycles. The van der Waals surface area contributed by atoms with Gasteiger partial charge >= 0.3 is 0 Å². The van der Waals surface area contributed by atoms with Gasteiger partial charge in [0.05, 0.1) is 0 Å². The number of ether oxygens (including phenoxy) is 1. The highest BCUT2D eigenvalue weighted by Crippen LogP contribution is 2.11. The Morgan fingerprint density at radius 2 is 2.11 bits per heavy atom. The lowest BCUT2D eigenvalue weighted by Crippen LogP contribution is -2.45. The van der Waals surface area contributed by atoms with Gasteiger partial charge in [-0.2, -0.15) is 0 Å². The van der Waals surface area contributed by atoms with E-state index in [9.17, 15) is 0 Å². The molecule has 0 aromatic heterocycles. The first-order chi connectivity index (χ1) is 9.24. The van der Waals surface area contributed by atoms with Crippen LogP contribution < -0.4 is 15.4 Å². The third kappa shape index (κ3) is 5.21. The van der Waals surface area contributed by atoms with E-state index in [-0.39, 0.29) is 0 Å². The summed E-state index contributed by atoms with van der Waals surface area (Å²) >= 11 is 0. The van der Waals surface area contributed by atoms with Crippen LogP contribution in [0.1, 0.15) is 31.7 Å². The van der Waals surface area contributed by atoms with Gasteiger partial charge in [0, 0.05) is 18.6 Å². The summed E-state index contributed by atoms with van der Waals surface area (Å²) in [6.45, 7) is 7.19. The second kappa shape index (κ2) is 7.51. The normalized spacial score (nSPS) is 21.1. The molecule has 1 aliphatic rings. The number of aryl methyl sites for hydroxylation is 1. The standard InChI is InChI=1S/C16H26N2O/c1-13-6-8-16(9-7-13)19-12-14(2)18-11-15-5-3-4-10-17-15/h6-9,14-15,17-18H,3-5,10-12H2,1-2H3. The minimum absolute atomic E-state index is 0.380. The average molecular weight is 262 g/mol. The van der Waals surface area contributed by atoms with Crippen LogP contribution in [0.3, 0.4) is 0 Å². The topological polar surface area (TPSA) is 33.3 Å². The Labute approximate surface area is 116 Å². The Bertz CT molecular complexity index is 358. The molecule has 1 aromatic carbocycles. The minimum Gasteiger partial charge on any atom is -0.492 e. The van der Waals surface area contributed by atoms with Crippen molar-refractivity contribution in [2.75, 3.05) is 19.7 Å². The van der Waals surface area contributed by atoms with Gasteiger partial charge in [-0.15, -0.1) is 0 Å². The van der Waals surface area contributed by atoms with Gasteiger partial charge in [0.25, 0.3) is 0 Å². The predicted octanol–water partition coefficient (Wildman–Crippen LogP) is 2.49. The monoisotopic (exact) mass is 262 g/mol. The van der Waals surface area contributed by atoms with Gasteiger partial charge in [-0.3, -0.25) is 0 Å². The molecule has 0 aliphatic carbocycles. The van der Waals surface area contributed by atoms with Crippen molar-refractivity contribution in [3.8, 4) is 5.75 Å². The zero-order valence-electron chi connectivity index (χ0n) is 12.1. The molecule has 1 aliphatic heterocycles. The SMILES string of the molecule is Cc1ccc(OCC(C)NCC2CCCCN2)cc1. The van der Waals surface area contributed by atoms with E-state index in [1.165, 1.54) is 31.4 Å². The predicted molar refractivity (Wildman–Crippen MR) is 79.8 cm³/mol. The Kier molecular flexibility index (Phi) is 5.67. The average Bonchev–Trinajstić information content (AvgIpc) is 2.45. The molecule has 0 radical (unpaired) electrons. The molecule has 1 saturated heterocycles.